The number of nitrogens with zero attached hydrogens (tertiary/aromatic N) is 1. The molecule has 2 aliphatic rings. The minimum atomic E-state index is -0.171. The maximum absolute atomic E-state index is 12.7. The van der Waals surface area contributed by atoms with Crippen LogP contribution in [0, 0.1) is 0 Å². The minimum Gasteiger partial charge on any atom is -0.491 e. The number of carbonyl (C=O) groups excluding carboxylic acids is 2. The highest BCUT2D eigenvalue weighted by molar-refractivity contribution is 6.00. The third-order valence-corrected chi connectivity index (χ3v) is 5.58. The van der Waals surface area contributed by atoms with E-state index in [1.165, 1.54) is 28.9 Å². The Labute approximate surface area is 165 Å². The second-order valence-corrected chi connectivity index (χ2v) is 7.57. The molecule has 1 unspecified atom stereocenters. The second-order valence-electron chi connectivity index (χ2n) is 7.57. The molecule has 0 radical (unpaired) electrons. The Bertz CT molecular complexity index is 893. The van der Waals surface area contributed by atoms with Gasteiger partial charge in [0, 0.05) is 0 Å². The first-order valence-corrected chi connectivity index (χ1v) is 10.0. The van der Waals surface area contributed by atoms with Crippen LogP contribution >= 0.6 is 0 Å². The highest BCUT2D eigenvalue weighted by Gasteiger charge is 2.25. The molecule has 28 heavy (non-hydrogen) atoms. The zero-order valence-electron chi connectivity index (χ0n) is 16.2. The molecule has 1 aliphatic carbocycles. The summed E-state index contributed by atoms with van der Waals surface area (Å²) in [5.74, 6) is 0.376. The summed E-state index contributed by atoms with van der Waals surface area (Å²) in [6, 6.07) is 13.8. The first-order valence-electron chi connectivity index (χ1n) is 10.0. The second kappa shape index (κ2) is 8.05. The minimum absolute atomic E-state index is 0.00547. The molecule has 0 saturated heterocycles. The molecule has 2 amide bonds. The third kappa shape index (κ3) is 3.88. The van der Waals surface area contributed by atoms with Crippen molar-refractivity contribution in [2.75, 3.05) is 18.1 Å². The molecule has 4 rings (SSSR count). The van der Waals surface area contributed by atoms with Crippen LogP contribution in [-0.4, -0.2) is 25.0 Å². The van der Waals surface area contributed by atoms with Crippen LogP contribution in [0.15, 0.2) is 42.5 Å². The van der Waals surface area contributed by atoms with E-state index in [9.17, 15) is 9.59 Å². The van der Waals surface area contributed by atoms with Crippen molar-refractivity contribution in [2.24, 2.45) is 0 Å². The van der Waals surface area contributed by atoms with Gasteiger partial charge in [-0.3, -0.25) is 14.5 Å². The normalized spacial score (nSPS) is 17.0. The van der Waals surface area contributed by atoms with Crippen LogP contribution in [0.2, 0.25) is 0 Å². The lowest BCUT2D eigenvalue weighted by atomic mass is 9.89. The standard InChI is InChI=1S/C23H26N2O3/c1-16(18-11-10-17-6-2-3-7-19(17)14-18)24-22(26)15-25-20-8-4-5-9-21(20)28-13-12-23(25)27/h4-5,8-11,14,16H,2-3,6-7,12-13,15H2,1H3,(H,24,26). The van der Waals surface area contributed by atoms with E-state index in [1.54, 1.807) is 0 Å². The van der Waals surface area contributed by atoms with Crippen LogP contribution in [0.1, 0.15) is 48.9 Å². The largest absolute Gasteiger partial charge is 0.491 e. The molecule has 1 heterocycles. The average molecular weight is 378 g/mol. The molecule has 0 saturated carbocycles. The van der Waals surface area contributed by atoms with Gasteiger partial charge >= 0.3 is 0 Å². The molecule has 1 aliphatic heterocycles. The Balaban J connectivity index is 1.46. The lowest BCUT2D eigenvalue weighted by Gasteiger charge is -2.23. The first kappa shape index (κ1) is 18.5. The predicted molar refractivity (Wildman–Crippen MR) is 109 cm³/mol. The van der Waals surface area contributed by atoms with E-state index in [1.807, 2.05) is 31.2 Å². The molecule has 146 valence electrons. The van der Waals surface area contributed by atoms with Crippen LogP contribution in [-0.2, 0) is 22.4 Å². The molecule has 1 N–H and O–H groups in total. The van der Waals surface area contributed by atoms with Crippen molar-refractivity contribution < 1.29 is 14.3 Å². The molecular formula is C23H26N2O3. The highest BCUT2D eigenvalue weighted by atomic mass is 16.5. The summed E-state index contributed by atoms with van der Waals surface area (Å²) in [6.07, 6.45) is 5.02. The number of carbonyl (C=O) groups is 2. The van der Waals surface area contributed by atoms with Gasteiger partial charge in [-0.2, -0.15) is 0 Å². The van der Waals surface area contributed by atoms with Crippen molar-refractivity contribution in [3.8, 4) is 5.75 Å². The van der Waals surface area contributed by atoms with Gasteiger partial charge in [0.25, 0.3) is 0 Å². The molecule has 0 aromatic heterocycles. The quantitative estimate of drug-likeness (QED) is 0.885. The van der Waals surface area contributed by atoms with Crippen LogP contribution in [0.5, 0.6) is 5.75 Å². The van der Waals surface area contributed by atoms with Crippen molar-refractivity contribution >= 4 is 17.5 Å². The Hall–Kier alpha value is -2.82. The maximum Gasteiger partial charge on any atom is 0.240 e. The van der Waals surface area contributed by atoms with Crippen LogP contribution in [0.4, 0.5) is 5.69 Å². The number of fused-ring (bicyclic) bond motifs is 2. The van der Waals surface area contributed by atoms with Gasteiger partial charge in [0.2, 0.25) is 11.8 Å². The monoisotopic (exact) mass is 378 g/mol. The van der Waals surface area contributed by atoms with Crippen molar-refractivity contribution in [1.82, 2.24) is 5.32 Å². The topological polar surface area (TPSA) is 58.6 Å². The molecule has 2 aromatic rings. The molecule has 0 fully saturated rings. The fourth-order valence-electron chi connectivity index (χ4n) is 4.03. The summed E-state index contributed by atoms with van der Waals surface area (Å²) < 4.78 is 5.64. The lowest BCUT2D eigenvalue weighted by Crippen LogP contribution is -2.41. The van der Waals surface area contributed by atoms with E-state index in [0.717, 1.165) is 18.4 Å². The average Bonchev–Trinajstić information content (AvgIpc) is 2.86. The van der Waals surface area contributed by atoms with Gasteiger partial charge in [-0.1, -0.05) is 30.3 Å². The summed E-state index contributed by atoms with van der Waals surface area (Å²) >= 11 is 0. The van der Waals surface area contributed by atoms with Gasteiger partial charge in [0.15, 0.2) is 0 Å². The van der Waals surface area contributed by atoms with Crippen LogP contribution < -0.4 is 15.0 Å². The number of hydrogen-bond donors (Lipinski definition) is 1. The summed E-state index contributed by atoms with van der Waals surface area (Å²) in [5, 5.41) is 3.05. The molecular weight excluding hydrogens is 352 g/mol. The van der Waals surface area contributed by atoms with E-state index in [-0.39, 0.29) is 30.8 Å². The lowest BCUT2D eigenvalue weighted by molar-refractivity contribution is -0.124. The van der Waals surface area contributed by atoms with E-state index < -0.39 is 0 Å². The number of para-hydroxylation sites is 2. The number of ether oxygens (including phenoxy) is 1. The fraction of sp³-hybridized carbons (Fsp3) is 0.391. The molecule has 0 spiro atoms. The number of rotatable bonds is 4. The first-order chi connectivity index (χ1) is 13.6. The number of aryl methyl sites for hydroxylation is 2. The van der Waals surface area contributed by atoms with Gasteiger partial charge in [0.05, 0.1) is 24.8 Å². The zero-order chi connectivity index (χ0) is 19.5. The molecule has 2 aromatic carbocycles. The molecule has 5 heteroatoms. The van der Waals surface area contributed by atoms with Crippen molar-refractivity contribution in [2.45, 2.75) is 45.1 Å². The van der Waals surface area contributed by atoms with Crippen molar-refractivity contribution in [3.05, 3.63) is 59.2 Å². The Morgan fingerprint density at radius 2 is 1.89 bits per heavy atom. The van der Waals surface area contributed by atoms with Gasteiger partial charge in [-0.05, 0) is 61.4 Å². The van der Waals surface area contributed by atoms with Gasteiger partial charge in [-0.25, -0.2) is 0 Å². The Kier molecular flexibility index (Phi) is 5.33. The highest BCUT2D eigenvalue weighted by Crippen LogP contribution is 2.31. The van der Waals surface area contributed by atoms with Crippen molar-refractivity contribution in [1.29, 1.82) is 0 Å². The smallest absolute Gasteiger partial charge is 0.240 e. The van der Waals surface area contributed by atoms with Crippen LogP contribution in [0.3, 0.4) is 0 Å². The number of benzene rings is 2. The van der Waals surface area contributed by atoms with Gasteiger partial charge in [-0.15, -0.1) is 0 Å². The summed E-state index contributed by atoms with van der Waals surface area (Å²) in [4.78, 5) is 26.7. The molecule has 5 nitrogen and oxygen atoms in total. The number of anilines is 1. The van der Waals surface area contributed by atoms with Crippen molar-refractivity contribution in [3.63, 3.8) is 0 Å². The number of hydrogen-bond acceptors (Lipinski definition) is 3. The summed E-state index contributed by atoms with van der Waals surface area (Å²) in [6.45, 7) is 2.32. The fourth-order valence-corrected chi connectivity index (χ4v) is 4.03. The third-order valence-electron chi connectivity index (χ3n) is 5.58. The van der Waals surface area contributed by atoms with E-state index in [2.05, 4.69) is 23.5 Å². The van der Waals surface area contributed by atoms with E-state index in [4.69, 9.17) is 4.74 Å². The number of amides is 2. The van der Waals surface area contributed by atoms with E-state index in [0.29, 0.717) is 18.0 Å². The SMILES string of the molecule is CC(NC(=O)CN1C(=O)CCOc2ccccc21)c1ccc2c(c1)CCCC2. The predicted octanol–water partition coefficient (Wildman–Crippen LogP) is 3.56. The van der Waals surface area contributed by atoms with Crippen LogP contribution in [0.25, 0.3) is 0 Å². The van der Waals surface area contributed by atoms with E-state index >= 15 is 0 Å². The summed E-state index contributed by atoms with van der Waals surface area (Å²) in [5.41, 5.74) is 4.60. The zero-order valence-corrected chi connectivity index (χ0v) is 16.2. The van der Waals surface area contributed by atoms with Gasteiger partial charge in [0.1, 0.15) is 12.3 Å². The molecule has 0 bridgehead atoms. The summed E-state index contributed by atoms with van der Waals surface area (Å²) in [7, 11) is 0. The Morgan fingerprint density at radius 3 is 2.75 bits per heavy atom. The maximum atomic E-state index is 12.7. The van der Waals surface area contributed by atoms with Gasteiger partial charge < -0.3 is 10.1 Å². The molecule has 1 atom stereocenters. The number of nitrogens with one attached hydrogen (secondary N) is 1. The Morgan fingerprint density at radius 1 is 1.11 bits per heavy atom.